The maximum Gasteiger partial charge on any atom is 0.0402 e. The van der Waals surface area contributed by atoms with Gasteiger partial charge in [-0.15, -0.1) is 0 Å². The molecule has 1 nitrogen and oxygen atoms in total. The lowest BCUT2D eigenvalue weighted by Gasteiger charge is -2.17. The van der Waals surface area contributed by atoms with Crippen molar-refractivity contribution in [1.82, 2.24) is 0 Å². The van der Waals surface area contributed by atoms with E-state index in [0.717, 1.165) is 19.4 Å². The highest BCUT2D eigenvalue weighted by molar-refractivity contribution is 5.60. The molecule has 98 valence electrons. The molecule has 0 spiro atoms. The molecule has 0 unspecified atom stereocenters. The van der Waals surface area contributed by atoms with Crippen LogP contribution in [0.25, 0.3) is 0 Å². The van der Waals surface area contributed by atoms with E-state index in [-0.39, 0.29) is 0 Å². The zero-order chi connectivity index (χ0) is 13.1. The first-order chi connectivity index (χ1) is 9.38. The Hall–Kier alpha value is -1.76. The van der Waals surface area contributed by atoms with Crippen molar-refractivity contribution in [3.05, 3.63) is 65.2 Å². The molecule has 0 saturated carbocycles. The third kappa shape index (κ3) is 2.51. The van der Waals surface area contributed by atoms with E-state index in [1.165, 1.54) is 29.8 Å². The van der Waals surface area contributed by atoms with Gasteiger partial charge in [0, 0.05) is 18.8 Å². The minimum absolute atomic E-state index is 1.12. The molecule has 1 heterocycles. The largest absolute Gasteiger partial charge is 0.371 e. The van der Waals surface area contributed by atoms with E-state index in [4.69, 9.17) is 0 Å². The minimum atomic E-state index is 1.12. The molecule has 2 aromatic carbocycles. The monoisotopic (exact) mass is 251 g/mol. The maximum absolute atomic E-state index is 2.49. The lowest BCUT2D eigenvalue weighted by molar-refractivity contribution is 0.864. The summed E-state index contributed by atoms with van der Waals surface area (Å²) in [6, 6.07) is 17.6. The molecule has 0 fully saturated rings. The topological polar surface area (TPSA) is 3.24 Å². The molecular weight excluding hydrogens is 230 g/mol. The zero-order valence-electron chi connectivity index (χ0n) is 11.6. The molecule has 1 aliphatic heterocycles. The van der Waals surface area contributed by atoms with Crippen molar-refractivity contribution in [2.24, 2.45) is 0 Å². The molecule has 1 heteroatoms. The number of aryl methyl sites for hydroxylation is 2. The third-order valence-electron chi connectivity index (χ3n) is 4.13. The van der Waals surface area contributed by atoms with Crippen LogP contribution in [0.15, 0.2) is 48.5 Å². The number of likely N-dealkylation sites (N-methyl/N-ethyl adjacent to an activating group) is 1. The quantitative estimate of drug-likeness (QED) is 0.797. The van der Waals surface area contributed by atoms with Crippen LogP contribution in [0, 0.1) is 0 Å². The molecule has 19 heavy (non-hydrogen) atoms. The molecule has 0 atom stereocenters. The van der Waals surface area contributed by atoms with E-state index in [1.807, 2.05) is 0 Å². The van der Waals surface area contributed by atoms with Gasteiger partial charge in [-0.25, -0.2) is 0 Å². The smallest absolute Gasteiger partial charge is 0.0402 e. The van der Waals surface area contributed by atoms with Gasteiger partial charge in [0.1, 0.15) is 0 Å². The van der Waals surface area contributed by atoms with Crippen LogP contribution < -0.4 is 4.90 Å². The van der Waals surface area contributed by atoms with Gasteiger partial charge < -0.3 is 4.90 Å². The lowest BCUT2D eigenvalue weighted by Crippen LogP contribution is -2.18. The first-order valence-electron chi connectivity index (χ1n) is 7.28. The number of hydrogen-bond acceptors (Lipinski definition) is 1. The molecule has 0 bridgehead atoms. The first kappa shape index (κ1) is 12.3. The summed E-state index contributed by atoms with van der Waals surface area (Å²) in [4.78, 5) is 2.49. The molecular formula is C18H21N. The summed E-state index contributed by atoms with van der Waals surface area (Å²) in [6.07, 6.45) is 3.52. The van der Waals surface area contributed by atoms with Crippen molar-refractivity contribution in [2.75, 3.05) is 18.0 Å². The Morgan fingerprint density at radius 2 is 1.79 bits per heavy atom. The number of rotatable bonds is 4. The average molecular weight is 251 g/mol. The second kappa shape index (κ2) is 5.48. The normalized spacial score (nSPS) is 13.6. The minimum Gasteiger partial charge on any atom is -0.371 e. The van der Waals surface area contributed by atoms with Crippen molar-refractivity contribution in [3.63, 3.8) is 0 Å². The number of hydrogen-bond donors (Lipinski definition) is 0. The average Bonchev–Trinajstić information content (AvgIpc) is 2.90. The predicted molar refractivity (Wildman–Crippen MR) is 81.9 cm³/mol. The van der Waals surface area contributed by atoms with Gasteiger partial charge in [-0.3, -0.25) is 0 Å². The van der Waals surface area contributed by atoms with Gasteiger partial charge in [-0.2, -0.15) is 0 Å². The van der Waals surface area contributed by atoms with Crippen molar-refractivity contribution in [2.45, 2.75) is 26.2 Å². The van der Waals surface area contributed by atoms with Gasteiger partial charge in [0.15, 0.2) is 0 Å². The molecule has 1 aliphatic rings. The van der Waals surface area contributed by atoms with Crippen molar-refractivity contribution >= 4 is 5.69 Å². The van der Waals surface area contributed by atoms with E-state index < -0.39 is 0 Å². The molecule has 0 radical (unpaired) electrons. The Labute approximate surface area is 115 Å². The lowest BCUT2D eigenvalue weighted by atomic mass is 9.98. The molecule has 2 aromatic rings. The number of benzene rings is 2. The summed E-state index contributed by atoms with van der Waals surface area (Å²) in [6.45, 7) is 4.55. The number of nitrogens with zero attached hydrogens (tertiary/aromatic N) is 1. The fourth-order valence-corrected chi connectivity index (χ4v) is 3.06. The van der Waals surface area contributed by atoms with E-state index >= 15 is 0 Å². The Morgan fingerprint density at radius 1 is 0.947 bits per heavy atom. The molecule has 0 saturated heterocycles. The Kier molecular flexibility index (Phi) is 3.54. The Bertz CT molecular complexity index is 545. The summed E-state index contributed by atoms with van der Waals surface area (Å²) >= 11 is 0. The molecule has 3 rings (SSSR count). The van der Waals surface area contributed by atoms with E-state index in [2.05, 4.69) is 60.4 Å². The molecule has 0 N–H and O–H groups in total. The summed E-state index contributed by atoms with van der Waals surface area (Å²) in [5, 5.41) is 0. The maximum atomic E-state index is 2.49. The van der Waals surface area contributed by atoms with Crippen LogP contribution in [0.1, 0.15) is 23.6 Å². The fraction of sp³-hybridized carbons (Fsp3) is 0.333. The highest BCUT2D eigenvalue weighted by Crippen LogP contribution is 2.31. The van der Waals surface area contributed by atoms with Crippen LogP contribution in [0.2, 0.25) is 0 Å². The number of fused-ring (bicyclic) bond motifs is 1. The molecule has 0 amide bonds. The van der Waals surface area contributed by atoms with Crippen molar-refractivity contribution < 1.29 is 0 Å². The van der Waals surface area contributed by atoms with Crippen molar-refractivity contribution in [3.8, 4) is 0 Å². The van der Waals surface area contributed by atoms with E-state index in [0.29, 0.717) is 0 Å². The summed E-state index contributed by atoms with van der Waals surface area (Å²) < 4.78 is 0. The van der Waals surface area contributed by atoms with Crippen LogP contribution in [-0.4, -0.2) is 13.1 Å². The summed E-state index contributed by atoms with van der Waals surface area (Å²) in [7, 11) is 0. The van der Waals surface area contributed by atoms with Gasteiger partial charge in [0.05, 0.1) is 0 Å². The Balaban J connectivity index is 1.78. The standard InChI is InChI=1S/C18H21N/c1-2-19-14-13-17-16(9-6-10-18(17)19)12-11-15-7-4-3-5-8-15/h3-10H,2,11-14H2,1H3. The fourth-order valence-electron chi connectivity index (χ4n) is 3.06. The van der Waals surface area contributed by atoms with Gasteiger partial charge in [0.25, 0.3) is 0 Å². The second-order valence-electron chi connectivity index (χ2n) is 5.23. The van der Waals surface area contributed by atoms with Crippen molar-refractivity contribution in [1.29, 1.82) is 0 Å². The van der Waals surface area contributed by atoms with E-state index in [1.54, 1.807) is 5.56 Å². The highest BCUT2D eigenvalue weighted by atomic mass is 15.1. The Morgan fingerprint density at radius 3 is 2.58 bits per heavy atom. The predicted octanol–water partition coefficient (Wildman–Crippen LogP) is 3.85. The molecule has 0 aromatic heterocycles. The summed E-state index contributed by atoms with van der Waals surface area (Å²) in [5.41, 5.74) is 6.02. The van der Waals surface area contributed by atoms with E-state index in [9.17, 15) is 0 Å². The zero-order valence-corrected chi connectivity index (χ0v) is 11.6. The van der Waals surface area contributed by atoms with Crippen LogP contribution in [-0.2, 0) is 19.3 Å². The highest BCUT2D eigenvalue weighted by Gasteiger charge is 2.19. The second-order valence-corrected chi connectivity index (χ2v) is 5.23. The van der Waals surface area contributed by atoms with Gasteiger partial charge >= 0.3 is 0 Å². The summed E-state index contributed by atoms with van der Waals surface area (Å²) in [5.74, 6) is 0. The first-order valence-corrected chi connectivity index (χ1v) is 7.28. The van der Waals surface area contributed by atoms with Crippen LogP contribution >= 0.6 is 0 Å². The van der Waals surface area contributed by atoms with Gasteiger partial charge in [0.2, 0.25) is 0 Å². The van der Waals surface area contributed by atoms with Crippen LogP contribution in [0.5, 0.6) is 0 Å². The van der Waals surface area contributed by atoms with Crippen LogP contribution in [0.4, 0.5) is 5.69 Å². The van der Waals surface area contributed by atoms with Gasteiger partial charge in [-0.1, -0.05) is 42.5 Å². The number of anilines is 1. The SMILES string of the molecule is CCN1CCc2c(CCc3ccccc3)cccc21. The third-order valence-corrected chi connectivity index (χ3v) is 4.13. The van der Waals surface area contributed by atoms with Crippen LogP contribution in [0.3, 0.4) is 0 Å². The van der Waals surface area contributed by atoms with Gasteiger partial charge in [-0.05, 0) is 48.9 Å². The molecule has 0 aliphatic carbocycles.